The maximum atomic E-state index is 14.5. The van der Waals surface area contributed by atoms with Gasteiger partial charge in [0.15, 0.2) is 34.5 Å². The van der Waals surface area contributed by atoms with Crippen molar-refractivity contribution in [2.75, 3.05) is 0 Å². The molecule has 8 heteroatoms. The molecule has 3 aliphatic rings. The molecule has 2 fully saturated rings. The first-order chi connectivity index (χ1) is 19.6. The molecule has 0 bridgehead atoms. The van der Waals surface area contributed by atoms with Gasteiger partial charge < -0.3 is 10.2 Å². The van der Waals surface area contributed by atoms with E-state index in [0.29, 0.717) is 23.1 Å². The number of phenolic OH excluding ortho intramolecular Hbond substituents is 1. The molecular formula is C35H46O8. The molecule has 0 heterocycles. The lowest BCUT2D eigenvalue weighted by atomic mass is 9.39. The summed E-state index contributed by atoms with van der Waals surface area (Å²) >= 11 is 0. The van der Waals surface area contributed by atoms with Crippen LogP contribution in [0.4, 0.5) is 0 Å². The summed E-state index contributed by atoms with van der Waals surface area (Å²) in [5.41, 5.74) is -5.22. The van der Waals surface area contributed by atoms with Gasteiger partial charge in [-0.25, -0.2) is 0 Å². The number of phenols is 1. The molecule has 1 aromatic carbocycles. The highest BCUT2D eigenvalue weighted by molar-refractivity contribution is 6.32. The molecule has 8 nitrogen and oxygen atoms in total. The van der Waals surface area contributed by atoms with Gasteiger partial charge in [0.05, 0.1) is 11.5 Å². The summed E-state index contributed by atoms with van der Waals surface area (Å²) in [5, 5.41) is 23.7. The fourth-order valence-corrected chi connectivity index (χ4v) is 8.58. The lowest BCUT2D eigenvalue weighted by Crippen LogP contribution is -2.76. The normalized spacial score (nSPS) is 32.5. The zero-order valence-corrected chi connectivity index (χ0v) is 27.1. The van der Waals surface area contributed by atoms with Crippen molar-refractivity contribution in [3.63, 3.8) is 0 Å². The number of Topliss-reactive ketones (excluding diaryl/α,β-unsaturated/α-hetero) is 6. The topological polar surface area (TPSA) is 143 Å². The monoisotopic (exact) mass is 594 g/mol. The number of aliphatic hydroxyl groups is 1. The third-order valence-corrected chi connectivity index (χ3v) is 10.4. The highest BCUT2D eigenvalue weighted by atomic mass is 16.3. The molecule has 0 aromatic heterocycles. The lowest BCUT2D eigenvalue weighted by Gasteiger charge is -2.62. The van der Waals surface area contributed by atoms with Crippen molar-refractivity contribution in [1.82, 2.24) is 0 Å². The lowest BCUT2D eigenvalue weighted by molar-refractivity contribution is -0.205. The smallest absolute Gasteiger partial charge is 0.190 e. The SMILES string of the molecule is CC(=O)C1C(=O)C(C(C)C)[C@@]2(C)C[C@@]3(C)Cc4c(C(=O)CCC(C)C)cc(C(C)(C)C)c(O)c4C(=O)C3C(=O)[C@@]2(O)C1=O. The van der Waals surface area contributed by atoms with Crippen LogP contribution in [0.25, 0.3) is 0 Å². The van der Waals surface area contributed by atoms with Crippen LogP contribution in [0.3, 0.4) is 0 Å². The van der Waals surface area contributed by atoms with Crippen molar-refractivity contribution in [2.24, 2.45) is 40.4 Å². The predicted molar refractivity (Wildman–Crippen MR) is 160 cm³/mol. The van der Waals surface area contributed by atoms with Gasteiger partial charge in [0.1, 0.15) is 17.5 Å². The Hall–Kier alpha value is -3.00. The van der Waals surface area contributed by atoms with E-state index in [1.54, 1.807) is 26.8 Å². The quantitative estimate of drug-likeness (QED) is 0.346. The average Bonchev–Trinajstić information content (AvgIpc) is 2.83. The molecular weight excluding hydrogens is 548 g/mol. The minimum atomic E-state index is -2.75. The molecule has 234 valence electrons. The molecule has 1 aromatic rings. The largest absolute Gasteiger partial charge is 0.507 e. The fraction of sp³-hybridized carbons (Fsp3) is 0.657. The third-order valence-electron chi connectivity index (χ3n) is 10.4. The molecule has 0 saturated heterocycles. The van der Waals surface area contributed by atoms with Gasteiger partial charge >= 0.3 is 0 Å². The Morgan fingerprint density at radius 2 is 1.60 bits per heavy atom. The Morgan fingerprint density at radius 3 is 2.09 bits per heavy atom. The van der Waals surface area contributed by atoms with Crippen LogP contribution in [0.1, 0.15) is 120 Å². The van der Waals surface area contributed by atoms with Gasteiger partial charge in [0, 0.05) is 28.9 Å². The zero-order chi connectivity index (χ0) is 32.8. The molecule has 43 heavy (non-hydrogen) atoms. The second-order valence-corrected chi connectivity index (χ2v) is 15.6. The van der Waals surface area contributed by atoms with Crippen molar-refractivity contribution in [3.8, 4) is 5.75 Å². The summed E-state index contributed by atoms with van der Waals surface area (Å²) in [6.07, 6.45) is 0.882. The van der Waals surface area contributed by atoms with E-state index < -0.39 is 74.4 Å². The minimum Gasteiger partial charge on any atom is -0.507 e. The first-order valence-corrected chi connectivity index (χ1v) is 15.4. The molecule has 0 radical (unpaired) electrons. The van der Waals surface area contributed by atoms with Crippen LogP contribution < -0.4 is 0 Å². The maximum absolute atomic E-state index is 14.5. The molecule has 0 aliphatic heterocycles. The number of aromatic hydroxyl groups is 1. The predicted octanol–water partition coefficient (Wildman–Crippen LogP) is 5.01. The Labute approximate surface area is 254 Å². The molecule has 6 atom stereocenters. The van der Waals surface area contributed by atoms with Gasteiger partial charge in [-0.15, -0.1) is 0 Å². The highest BCUT2D eigenvalue weighted by Gasteiger charge is 2.76. The van der Waals surface area contributed by atoms with Crippen LogP contribution >= 0.6 is 0 Å². The van der Waals surface area contributed by atoms with Crippen LogP contribution in [0.5, 0.6) is 5.75 Å². The number of fused-ring (bicyclic) bond motifs is 3. The summed E-state index contributed by atoms with van der Waals surface area (Å²) in [5.74, 6) is -9.29. The van der Waals surface area contributed by atoms with E-state index in [0.717, 1.165) is 6.92 Å². The molecule has 2 saturated carbocycles. The Balaban J connectivity index is 2.01. The summed E-state index contributed by atoms with van der Waals surface area (Å²) in [6.45, 7) is 17.4. The maximum Gasteiger partial charge on any atom is 0.190 e. The number of carbonyl (C=O) groups excluding carboxylic acids is 6. The fourth-order valence-electron chi connectivity index (χ4n) is 8.58. The standard InChI is InChI=1S/C35H46O8/c1-16(2)11-12-22(37)19-13-21(32(6,7)8)27(38)24-20(19)14-33(9)15-34(10)25(17(3)4)28(39)23(18(5)36)30(41)35(34,43)31(42)26(33)29(24)40/h13,16-17,23,25-26,38,43H,11-12,14-15H2,1-10H3/t23?,25?,26?,33-,34-,35+/m1/s1. The van der Waals surface area contributed by atoms with Gasteiger partial charge in [-0.05, 0) is 60.5 Å². The van der Waals surface area contributed by atoms with E-state index in [4.69, 9.17) is 0 Å². The van der Waals surface area contributed by atoms with Gasteiger partial charge in [-0.3, -0.25) is 28.8 Å². The summed E-state index contributed by atoms with van der Waals surface area (Å²) in [7, 11) is 0. The van der Waals surface area contributed by atoms with Gasteiger partial charge in [0.2, 0.25) is 0 Å². The number of hydrogen-bond acceptors (Lipinski definition) is 8. The van der Waals surface area contributed by atoms with Crippen LogP contribution in [0, 0.1) is 40.4 Å². The van der Waals surface area contributed by atoms with E-state index in [9.17, 15) is 39.0 Å². The molecule has 3 aliphatic carbocycles. The summed E-state index contributed by atoms with van der Waals surface area (Å²) in [6, 6.07) is 1.67. The Bertz CT molecular complexity index is 1460. The minimum absolute atomic E-state index is 0.0511. The number of hydrogen-bond donors (Lipinski definition) is 2. The van der Waals surface area contributed by atoms with Crippen LogP contribution in [0.2, 0.25) is 0 Å². The Morgan fingerprint density at radius 1 is 1.02 bits per heavy atom. The highest BCUT2D eigenvalue weighted by Crippen LogP contribution is 2.64. The van der Waals surface area contributed by atoms with Crippen molar-refractivity contribution < 1.29 is 39.0 Å². The number of carbonyl (C=O) groups is 6. The van der Waals surface area contributed by atoms with E-state index in [2.05, 4.69) is 0 Å². The van der Waals surface area contributed by atoms with Crippen LogP contribution in [0.15, 0.2) is 6.07 Å². The van der Waals surface area contributed by atoms with E-state index >= 15 is 0 Å². The van der Waals surface area contributed by atoms with E-state index in [1.807, 2.05) is 34.6 Å². The second-order valence-electron chi connectivity index (χ2n) is 15.6. The Kier molecular flexibility index (Phi) is 7.87. The van der Waals surface area contributed by atoms with Crippen molar-refractivity contribution >= 4 is 34.7 Å². The summed E-state index contributed by atoms with van der Waals surface area (Å²) < 4.78 is 0. The van der Waals surface area contributed by atoms with Gasteiger partial charge in [0.25, 0.3) is 0 Å². The van der Waals surface area contributed by atoms with Crippen molar-refractivity contribution in [3.05, 3.63) is 28.3 Å². The van der Waals surface area contributed by atoms with Crippen molar-refractivity contribution in [2.45, 2.75) is 106 Å². The van der Waals surface area contributed by atoms with Crippen molar-refractivity contribution in [1.29, 1.82) is 0 Å². The first kappa shape index (κ1) is 32.9. The molecule has 0 spiro atoms. The molecule has 2 N–H and O–H groups in total. The van der Waals surface area contributed by atoms with Crippen LogP contribution in [-0.2, 0) is 31.0 Å². The average molecular weight is 595 g/mol. The molecule has 3 unspecified atom stereocenters. The third kappa shape index (κ3) is 4.58. The molecule has 4 rings (SSSR count). The number of benzene rings is 1. The van der Waals surface area contributed by atoms with Gasteiger partial charge in [-0.1, -0.05) is 62.3 Å². The molecule has 0 amide bonds. The second kappa shape index (κ2) is 10.3. The zero-order valence-electron chi connectivity index (χ0n) is 27.1. The van der Waals surface area contributed by atoms with Gasteiger partial charge in [-0.2, -0.15) is 0 Å². The van der Waals surface area contributed by atoms with Crippen LogP contribution in [-0.4, -0.2) is 50.5 Å². The van der Waals surface area contributed by atoms with E-state index in [1.165, 1.54) is 6.92 Å². The first-order valence-electron chi connectivity index (χ1n) is 15.4. The number of rotatable bonds is 6. The number of ketones is 6. The van der Waals surface area contributed by atoms with E-state index in [-0.39, 0.29) is 42.3 Å². The summed E-state index contributed by atoms with van der Waals surface area (Å²) in [4.78, 5) is 82.8.